The first-order valence-electron chi connectivity index (χ1n) is 7.09. The molecule has 1 aromatic carbocycles. The number of benzene rings is 1. The van der Waals surface area contributed by atoms with Gasteiger partial charge in [-0.05, 0) is 36.9 Å². The minimum absolute atomic E-state index is 0.288. The standard InChI is InChI=1S/C16H27NO/c1-5-13-8-10-14(11-9-13)12-15(17-7-3)16(6-2)18-4/h8-11,15-17H,5-7,12H2,1-4H3. The first-order valence-corrected chi connectivity index (χ1v) is 7.09. The lowest BCUT2D eigenvalue weighted by Gasteiger charge is -2.26. The maximum absolute atomic E-state index is 5.57. The van der Waals surface area contributed by atoms with E-state index in [0.717, 1.165) is 25.8 Å². The second kappa shape index (κ2) is 8.28. The molecule has 0 saturated carbocycles. The van der Waals surface area contributed by atoms with E-state index in [9.17, 15) is 0 Å². The van der Waals surface area contributed by atoms with Gasteiger partial charge in [0.25, 0.3) is 0 Å². The lowest BCUT2D eigenvalue weighted by molar-refractivity contribution is 0.0658. The summed E-state index contributed by atoms with van der Waals surface area (Å²) >= 11 is 0. The van der Waals surface area contributed by atoms with Crippen LogP contribution in [0.2, 0.25) is 0 Å². The molecule has 0 radical (unpaired) electrons. The third-order valence-corrected chi connectivity index (χ3v) is 3.51. The van der Waals surface area contributed by atoms with E-state index in [-0.39, 0.29) is 6.10 Å². The minimum atomic E-state index is 0.288. The molecule has 1 N–H and O–H groups in total. The first kappa shape index (κ1) is 15.2. The molecule has 0 saturated heterocycles. The van der Waals surface area contributed by atoms with E-state index in [1.807, 2.05) is 0 Å². The molecule has 1 aromatic rings. The van der Waals surface area contributed by atoms with Crippen molar-refractivity contribution in [3.63, 3.8) is 0 Å². The van der Waals surface area contributed by atoms with E-state index in [1.165, 1.54) is 11.1 Å². The fourth-order valence-corrected chi connectivity index (χ4v) is 2.38. The maximum atomic E-state index is 5.57. The van der Waals surface area contributed by atoms with Crippen molar-refractivity contribution >= 4 is 0 Å². The number of nitrogens with one attached hydrogen (secondary N) is 1. The van der Waals surface area contributed by atoms with Gasteiger partial charge in [0.05, 0.1) is 6.10 Å². The highest BCUT2D eigenvalue weighted by Gasteiger charge is 2.18. The van der Waals surface area contributed by atoms with Crippen molar-refractivity contribution in [1.82, 2.24) is 5.32 Å². The molecule has 0 aromatic heterocycles. The second-order valence-electron chi connectivity index (χ2n) is 4.72. The monoisotopic (exact) mass is 249 g/mol. The molecule has 0 aliphatic carbocycles. The van der Waals surface area contributed by atoms with Crippen molar-refractivity contribution in [2.45, 2.75) is 52.2 Å². The summed E-state index contributed by atoms with van der Waals surface area (Å²) in [5.74, 6) is 0. The molecule has 1 rings (SSSR count). The molecule has 0 fully saturated rings. The number of hydrogen-bond acceptors (Lipinski definition) is 2. The Kier molecular flexibility index (Phi) is 6.99. The Morgan fingerprint density at radius 3 is 2.11 bits per heavy atom. The molecule has 18 heavy (non-hydrogen) atoms. The van der Waals surface area contributed by atoms with Crippen LogP contribution < -0.4 is 5.32 Å². The third kappa shape index (κ3) is 4.43. The van der Waals surface area contributed by atoms with Crippen LogP contribution in [-0.2, 0) is 17.6 Å². The van der Waals surface area contributed by atoms with Crippen molar-refractivity contribution < 1.29 is 4.74 Å². The molecule has 0 amide bonds. The van der Waals surface area contributed by atoms with Gasteiger partial charge in [-0.3, -0.25) is 0 Å². The summed E-state index contributed by atoms with van der Waals surface area (Å²) < 4.78 is 5.57. The predicted molar refractivity (Wildman–Crippen MR) is 78.1 cm³/mol. The molecule has 2 unspecified atom stereocenters. The number of aryl methyl sites for hydroxylation is 1. The van der Waals surface area contributed by atoms with Crippen molar-refractivity contribution in [2.24, 2.45) is 0 Å². The summed E-state index contributed by atoms with van der Waals surface area (Å²) in [6.07, 6.45) is 3.47. The van der Waals surface area contributed by atoms with Gasteiger partial charge in [-0.1, -0.05) is 45.0 Å². The van der Waals surface area contributed by atoms with Gasteiger partial charge < -0.3 is 10.1 Å². The van der Waals surface area contributed by atoms with E-state index in [4.69, 9.17) is 4.74 Å². The van der Waals surface area contributed by atoms with Gasteiger partial charge in [0.1, 0.15) is 0 Å². The smallest absolute Gasteiger partial charge is 0.0724 e. The average molecular weight is 249 g/mol. The third-order valence-electron chi connectivity index (χ3n) is 3.51. The van der Waals surface area contributed by atoms with Crippen molar-refractivity contribution in [2.75, 3.05) is 13.7 Å². The summed E-state index contributed by atoms with van der Waals surface area (Å²) in [7, 11) is 1.80. The summed E-state index contributed by atoms with van der Waals surface area (Å²) in [5.41, 5.74) is 2.78. The molecule has 0 bridgehead atoms. The molecule has 0 spiro atoms. The number of hydrogen-bond donors (Lipinski definition) is 1. The predicted octanol–water partition coefficient (Wildman–Crippen LogP) is 3.19. The van der Waals surface area contributed by atoms with Crippen LogP contribution in [-0.4, -0.2) is 25.8 Å². The first-order chi connectivity index (χ1) is 8.74. The van der Waals surface area contributed by atoms with E-state index in [2.05, 4.69) is 50.4 Å². The van der Waals surface area contributed by atoms with Crippen molar-refractivity contribution in [3.8, 4) is 0 Å². The van der Waals surface area contributed by atoms with E-state index in [0.29, 0.717) is 6.04 Å². The molecule has 2 atom stereocenters. The largest absolute Gasteiger partial charge is 0.380 e. The van der Waals surface area contributed by atoms with E-state index in [1.54, 1.807) is 7.11 Å². The Bertz CT molecular complexity index is 316. The molecular formula is C16H27NO. The van der Waals surface area contributed by atoms with Crippen LogP contribution in [0, 0.1) is 0 Å². The molecular weight excluding hydrogens is 222 g/mol. The van der Waals surface area contributed by atoms with Gasteiger partial charge in [0.2, 0.25) is 0 Å². The van der Waals surface area contributed by atoms with Gasteiger partial charge in [-0.2, -0.15) is 0 Å². The highest BCUT2D eigenvalue weighted by molar-refractivity contribution is 5.23. The topological polar surface area (TPSA) is 21.3 Å². The zero-order chi connectivity index (χ0) is 13.4. The van der Waals surface area contributed by atoms with Crippen LogP contribution in [0.3, 0.4) is 0 Å². The van der Waals surface area contributed by atoms with Gasteiger partial charge in [-0.25, -0.2) is 0 Å². The molecule has 2 nitrogen and oxygen atoms in total. The second-order valence-corrected chi connectivity index (χ2v) is 4.72. The van der Waals surface area contributed by atoms with Crippen molar-refractivity contribution in [3.05, 3.63) is 35.4 Å². The fourth-order valence-electron chi connectivity index (χ4n) is 2.38. The van der Waals surface area contributed by atoms with E-state index < -0.39 is 0 Å². The lowest BCUT2D eigenvalue weighted by atomic mass is 9.98. The Balaban J connectivity index is 2.69. The van der Waals surface area contributed by atoms with Crippen LogP contribution in [0.5, 0.6) is 0 Å². The summed E-state index contributed by atoms with van der Waals surface area (Å²) in [5, 5.41) is 3.54. The Labute approximate surface area is 112 Å². The Morgan fingerprint density at radius 2 is 1.67 bits per heavy atom. The summed E-state index contributed by atoms with van der Waals surface area (Å²) in [6.45, 7) is 7.50. The number of rotatable bonds is 8. The van der Waals surface area contributed by atoms with Gasteiger partial charge in [0, 0.05) is 13.2 Å². The SMILES string of the molecule is CCNC(Cc1ccc(CC)cc1)C(CC)OC. The van der Waals surface area contributed by atoms with Gasteiger partial charge in [-0.15, -0.1) is 0 Å². The molecule has 0 heterocycles. The molecule has 0 aliphatic heterocycles. The van der Waals surface area contributed by atoms with Crippen LogP contribution >= 0.6 is 0 Å². The normalized spacial score (nSPS) is 14.4. The Hall–Kier alpha value is -0.860. The van der Waals surface area contributed by atoms with Crippen LogP contribution in [0.4, 0.5) is 0 Å². The van der Waals surface area contributed by atoms with Crippen LogP contribution in [0.15, 0.2) is 24.3 Å². The minimum Gasteiger partial charge on any atom is -0.380 e. The van der Waals surface area contributed by atoms with Crippen molar-refractivity contribution in [1.29, 1.82) is 0 Å². The fraction of sp³-hybridized carbons (Fsp3) is 0.625. The number of likely N-dealkylation sites (N-methyl/N-ethyl adjacent to an activating group) is 1. The summed E-state index contributed by atoms with van der Waals surface area (Å²) in [4.78, 5) is 0. The van der Waals surface area contributed by atoms with Gasteiger partial charge >= 0.3 is 0 Å². The molecule has 0 aliphatic rings. The highest BCUT2D eigenvalue weighted by Crippen LogP contribution is 2.12. The van der Waals surface area contributed by atoms with Crippen LogP contribution in [0.25, 0.3) is 0 Å². The highest BCUT2D eigenvalue weighted by atomic mass is 16.5. The maximum Gasteiger partial charge on any atom is 0.0724 e. The summed E-state index contributed by atoms with van der Waals surface area (Å²) in [6, 6.07) is 9.34. The average Bonchev–Trinajstić information content (AvgIpc) is 2.41. The number of methoxy groups -OCH3 is 1. The molecule has 2 heteroatoms. The lowest BCUT2D eigenvalue weighted by Crippen LogP contribution is -2.42. The Morgan fingerprint density at radius 1 is 1.06 bits per heavy atom. The number of ether oxygens (including phenoxy) is 1. The zero-order valence-corrected chi connectivity index (χ0v) is 12.2. The quantitative estimate of drug-likeness (QED) is 0.764. The van der Waals surface area contributed by atoms with Crippen LogP contribution in [0.1, 0.15) is 38.3 Å². The molecule has 102 valence electrons. The van der Waals surface area contributed by atoms with Gasteiger partial charge in [0.15, 0.2) is 0 Å². The van der Waals surface area contributed by atoms with E-state index >= 15 is 0 Å². The zero-order valence-electron chi connectivity index (χ0n) is 12.2.